The molecule has 2 aliphatic rings. The van der Waals surface area contributed by atoms with Crippen molar-refractivity contribution in [3.8, 4) is 169 Å². The maximum atomic E-state index is 6.52. The van der Waals surface area contributed by atoms with E-state index in [1.54, 1.807) is 0 Å². The first-order valence-corrected chi connectivity index (χ1v) is 45.1. The molecule has 4 aromatic heterocycles. The summed E-state index contributed by atoms with van der Waals surface area (Å²) in [5.41, 5.74) is 34.9. The highest BCUT2D eigenvalue weighted by Crippen LogP contribution is 2.59. The van der Waals surface area contributed by atoms with Crippen molar-refractivity contribution in [3.05, 3.63) is 530 Å². The summed E-state index contributed by atoms with van der Waals surface area (Å²) in [6.07, 6.45) is 0. The molecule has 0 saturated carbocycles. The molecule has 23 aromatic rings. The Labute approximate surface area is 775 Å². The molecule has 25 rings (SSSR count). The summed E-state index contributed by atoms with van der Waals surface area (Å²) in [7, 11) is 0. The number of benzene rings is 19. The van der Waals surface area contributed by atoms with Gasteiger partial charge in [0.05, 0.1) is 10.8 Å². The summed E-state index contributed by atoms with van der Waals surface area (Å²) in [5, 5.41) is 0. The molecule has 4 heterocycles. The van der Waals surface area contributed by atoms with Crippen molar-refractivity contribution < 1.29 is 8.83 Å². The first kappa shape index (κ1) is 79.5. The van der Waals surface area contributed by atoms with Crippen LogP contribution in [-0.4, -0.2) is 39.9 Å². The number of rotatable bonds is 17. The van der Waals surface area contributed by atoms with Gasteiger partial charge >= 0.3 is 0 Å². The molecule has 0 amide bonds. The SMILES string of the molecule is c1ccc(-c2ccc(-c3nc(-c4cccc(-c5ccccc5)c4)nc(-c4cccc(-c5ccc(C6(c7ccc8nc(-c9ccccc9)oc8c7)c7ccccc7-c7ccccc76)cc5)c4)n3)cc2)cc1.c1ccc(-c2cccc(-c3nc(-c4ccccc4)nc(-c4cccc(-c5ccc(C6(c7ccc8nc(-c9ccccc9)oc8c7)c7ccccc7-c7ccccc76)cc5)c4)n3)c2)cc1. The lowest BCUT2D eigenvalue weighted by Gasteiger charge is -2.34. The number of aromatic nitrogens is 8. The quantitative estimate of drug-likeness (QED) is 0.0869. The maximum Gasteiger partial charge on any atom is 0.227 e. The lowest BCUT2D eigenvalue weighted by atomic mass is 9.67. The Kier molecular flexibility index (Phi) is 20.2. The lowest BCUT2D eigenvalue weighted by molar-refractivity contribution is 0.618. The van der Waals surface area contributed by atoms with Crippen molar-refractivity contribution in [3.63, 3.8) is 0 Å². The van der Waals surface area contributed by atoms with Crippen molar-refractivity contribution in [2.24, 2.45) is 0 Å². The molecule has 10 heteroatoms. The Morgan fingerprint density at radius 3 is 0.664 bits per heavy atom. The second-order valence-corrected chi connectivity index (χ2v) is 33.9. The van der Waals surface area contributed by atoms with Crippen LogP contribution in [0.25, 0.3) is 191 Å². The first-order chi connectivity index (χ1) is 66.3. The van der Waals surface area contributed by atoms with Crippen LogP contribution in [0.2, 0.25) is 0 Å². The second kappa shape index (κ2) is 34.0. The third-order valence-corrected chi connectivity index (χ3v) is 26.1. The molecule has 0 fully saturated rings. The Hall–Kier alpha value is -17.9. The van der Waals surface area contributed by atoms with E-state index in [0.717, 1.165) is 139 Å². The molecule has 0 saturated heterocycles. The number of nitrogens with zero attached hydrogens (tertiary/aromatic N) is 8. The highest BCUT2D eigenvalue weighted by molar-refractivity contribution is 5.92. The number of oxazole rings is 2. The van der Waals surface area contributed by atoms with Gasteiger partial charge in [-0.2, -0.15) is 0 Å². The Balaban J connectivity index is 0.000000148. The van der Waals surface area contributed by atoms with Crippen molar-refractivity contribution in [1.29, 1.82) is 0 Å². The van der Waals surface area contributed by atoms with Crippen molar-refractivity contribution in [1.82, 2.24) is 39.9 Å². The molecule has 2 aliphatic carbocycles. The molecule has 0 atom stereocenters. The molecule has 628 valence electrons. The van der Waals surface area contributed by atoms with Crippen LogP contribution in [0, 0.1) is 0 Å². The van der Waals surface area contributed by atoms with Crippen LogP contribution in [0.1, 0.15) is 44.5 Å². The van der Waals surface area contributed by atoms with Crippen LogP contribution >= 0.6 is 0 Å². The molecule has 0 radical (unpaired) electrons. The fourth-order valence-electron chi connectivity index (χ4n) is 19.8. The van der Waals surface area contributed by atoms with Crippen molar-refractivity contribution >= 4 is 22.2 Å². The minimum Gasteiger partial charge on any atom is -0.436 e. The maximum absolute atomic E-state index is 6.52. The number of hydrogen-bond donors (Lipinski definition) is 0. The second-order valence-electron chi connectivity index (χ2n) is 33.9. The number of fused-ring (bicyclic) bond motifs is 8. The Bertz CT molecular complexity index is 8250. The molecule has 0 aliphatic heterocycles. The fourth-order valence-corrected chi connectivity index (χ4v) is 19.8. The third kappa shape index (κ3) is 14.4. The van der Waals surface area contributed by atoms with E-state index in [9.17, 15) is 0 Å². The van der Waals surface area contributed by atoms with Crippen LogP contribution in [-0.2, 0) is 10.8 Å². The van der Waals surface area contributed by atoms with Gasteiger partial charge in [0, 0.05) is 44.5 Å². The topological polar surface area (TPSA) is 129 Å². The molecule has 0 spiro atoms. The molecular formula is C124H80N8O2. The van der Waals surface area contributed by atoms with Gasteiger partial charge in [-0.15, -0.1) is 0 Å². The van der Waals surface area contributed by atoms with Crippen LogP contribution < -0.4 is 0 Å². The Morgan fingerprint density at radius 2 is 0.351 bits per heavy atom. The standard InChI is InChI=1S/C65H42N4O.C59H38N4O/c1-4-16-43(17-5-1)45-30-32-47(33-31-45)61-67-62(51-24-14-22-49(40-51)44-18-6-2-7-19-44)69-63(68-61)52-25-15-23-50(41-52)46-34-36-53(37-35-46)65(57-28-12-10-26-55(57)56-27-11-13-29-58(56)65)54-38-39-59-60(42-54)70-64(66-59)48-20-8-3-9-21-48;1-4-16-39(17-5-1)43-22-14-24-45(36-43)56-61-55(41-18-6-2-7-19-41)62-57(63-56)46-25-15-23-44(37-46)40-30-32-47(33-31-40)59(51-28-12-10-26-49(51)50-27-11-13-29-52(50)59)48-34-35-53-54(38-48)64-58(60-53)42-20-8-3-9-21-42/h1-42H;1-38H. The van der Waals surface area contributed by atoms with Crippen LogP contribution in [0.5, 0.6) is 0 Å². The van der Waals surface area contributed by atoms with E-state index in [2.05, 4.69) is 376 Å². The summed E-state index contributed by atoms with van der Waals surface area (Å²) in [5.74, 6) is 4.92. The summed E-state index contributed by atoms with van der Waals surface area (Å²) in [6.45, 7) is 0. The van der Waals surface area contributed by atoms with E-state index >= 15 is 0 Å². The van der Waals surface area contributed by atoms with Crippen molar-refractivity contribution in [2.75, 3.05) is 0 Å². The zero-order valence-corrected chi connectivity index (χ0v) is 72.6. The zero-order chi connectivity index (χ0) is 88.9. The molecule has 0 unspecified atom stereocenters. The largest absolute Gasteiger partial charge is 0.436 e. The van der Waals surface area contributed by atoms with Crippen LogP contribution in [0.15, 0.2) is 494 Å². The van der Waals surface area contributed by atoms with Gasteiger partial charge in [-0.1, -0.05) is 413 Å². The van der Waals surface area contributed by atoms with Gasteiger partial charge in [0.25, 0.3) is 0 Å². The summed E-state index contributed by atoms with van der Waals surface area (Å²) < 4.78 is 13.0. The van der Waals surface area contributed by atoms with Gasteiger partial charge < -0.3 is 8.83 Å². The lowest BCUT2D eigenvalue weighted by Crippen LogP contribution is -2.28. The van der Waals surface area contributed by atoms with Crippen LogP contribution in [0.4, 0.5) is 0 Å². The first-order valence-electron chi connectivity index (χ1n) is 45.1. The number of hydrogen-bond acceptors (Lipinski definition) is 10. The molecule has 10 nitrogen and oxygen atoms in total. The highest BCUT2D eigenvalue weighted by atomic mass is 16.4. The minimum absolute atomic E-state index is 0.603. The third-order valence-electron chi connectivity index (χ3n) is 26.1. The summed E-state index contributed by atoms with van der Waals surface area (Å²) in [6, 6.07) is 170. The predicted molar refractivity (Wildman–Crippen MR) is 540 cm³/mol. The van der Waals surface area contributed by atoms with Gasteiger partial charge in [0.15, 0.2) is 46.1 Å². The minimum atomic E-state index is -0.615. The van der Waals surface area contributed by atoms with E-state index in [1.165, 1.54) is 50.1 Å². The van der Waals surface area contributed by atoms with Gasteiger partial charge in [0.1, 0.15) is 11.0 Å². The van der Waals surface area contributed by atoms with E-state index in [0.29, 0.717) is 46.7 Å². The summed E-state index contributed by atoms with van der Waals surface area (Å²) in [4.78, 5) is 40.5. The smallest absolute Gasteiger partial charge is 0.227 e. The normalized spacial score (nSPS) is 12.4. The molecule has 0 N–H and O–H groups in total. The van der Waals surface area contributed by atoms with Gasteiger partial charge in [0.2, 0.25) is 11.8 Å². The molecule has 0 bridgehead atoms. The van der Waals surface area contributed by atoms with Gasteiger partial charge in [-0.25, -0.2) is 39.9 Å². The Morgan fingerprint density at radius 1 is 0.142 bits per heavy atom. The molecular weight excluding hydrogens is 1630 g/mol. The van der Waals surface area contributed by atoms with E-state index < -0.39 is 10.8 Å². The molecule has 134 heavy (non-hydrogen) atoms. The van der Waals surface area contributed by atoms with E-state index in [4.69, 9.17) is 48.7 Å². The average molecular weight is 1710 g/mol. The van der Waals surface area contributed by atoms with Crippen molar-refractivity contribution in [2.45, 2.75) is 10.8 Å². The molecule has 19 aromatic carbocycles. The monoisotopic (exact) mass is 1710 g/mol. The summed E-state index contributed by atoms with van der Waals surface area (Å²) >= 11 is 0. The van der Waals surface area contributed by atoms with E-state index in [1.807, 2.05) is 109 Å². The highest BCUT2D eigenvalue weighted by Gasteiger charge is 2.48. The van der Waals surface area contributed by atoms with Gasteiger partial charge in [-0.05, 0) is 195 Å². The van der Waals surface area contributed by atoms with E-state index in [-0.39, 0.29) is 0 Å². The average Bonchev–Trinajstić information content (AvgIpc) is 1.54. The zero-order valence-electron chi connectivity index (χ0n) is 72.6. The van der Waals surface area contributed by atoms with Crippen LogP contribution in [0.3, 0.4) is 0 Å². The predicted octanol–water partition coefficient (Wildman–Crippen LogP) is 30.4. The fraction of sp³-hybridized carbons (Fsp3) is 0.0161. The van der Waals surface area contributed by atoms with Gasteiger partial charge in [-0.3, -0.25) is 0 Å².